The highest BCUT2D eigenvalue weighted by molar-refractivity contribution is 9.10. The van der Waals surface area contributed by atoms with Crippen LogP contribution < -0.4 is 5.32 Å². The monoisotopic (exact) mass is 522 g/mol. The molecule has 3 rings (SSSR count). The number of benzene rings is 1. The van der Waals surface area contributed by atoms with Gasteiger partial charge in [-0.1, -0.05) is 38.5 Å². The third kappa shape index (κ3) is 6.33. The average molecular weight is 524 g/mol. The van der Waals surface area contributed by atoms with E-state index in [1.54, 1.807) is 19.2 Å². The van der Waals surface area contributed by atoms with Crippen LogP contribution in [0.15, 0.2) is 51.4 Å². The Kier molecular flexibility index (Phi) is 8.75. The summed E-state index contributed by atoms with van der Waals surface area (Å²) in [6.07, 6.45) is 12.8. The van der Waals surface area contributed by atoms with Gasteiger partial charge in [-0.25, -0.2) is 8.42 Å². The Labute approximate surface area is 201 Å². The second-order valence-corrected chi connectivity index (χ2v) is 12.2. The first kappa shape index (κ1) is 25.2. The van der Waals surface area contributed by atoms with Crippen LogP contribution in [0.3, 0.4) is 0 Å². The Morgan fingerprint density at radius 1 is 1.19 bits per heavy atom. The Balaban J connectivity index is 1.69. The first-order valence-corrected chi connectivity index (χ1v) is 13.8. The molecule has 176 valence electrons. The summed E-state index contributed by atoms with van der Waals surface area (Å²) in [7, 11) is -2.17. The summed E-state index contributed by atoms with van der Waals surface area (Å²) in [5.41, 5.74) is 1.35. The lowest BCUT2D eigenvalue weighted by Gasteiger charge is -2.33. The maximum Gasteiger partial charge on any atom is 0.251 e. The van der Waals surface area contributed by atoms with Crippen LogP contribution in [0.25, 0.3) is 0 Å². The van der Waals surface area contributed by atoms with Gasteiger partial charge in [0.25, 0.3) is 5.91 Å². The largest absolute Gasteiger partial charge is 0.352 e. The lowest BCUT2D eigenvalue weighted by Crippen LogP contribution is -2.34. The van der Waals surface area contributed by atoms with Crippen molar-refractivity contribution in [1.82, 2.24) is 9.62 Å². The molecule has 5 nitrogen and oxygen atoms in total. The molecule has 0 aromatic heterocycles. The van der Waals surface area contributed by atoms with Crippen LogP contribution in [0.2, 0.25) is 0 Å². The maximum absolute atomic E-state index is 13.2. The van der Waals surface area contributed by atoms with Crippen molar-refractivity contribution in [2.24, 2.45) is 17.8 Å². The molecule has 1 saturated carbocycles. The molecule has 1 aromatic carbocycles. The molecule has 0 saturated heterocycles. The molecule has 7 heteroatoms. The lowest BCUT2D eigenvalue weighted by atomic mass is 9.75. The fourth-order valence-electron chi connectivity index (χ4n) is 4.87. The van der Waals surface area contributed by atoms with Gasteiger partial charge < -0.3 is 5.32 Å². The highest BCUT2D eigenvalue weighted by atomic mass is 79.9. The molecule has 1 N–H and O–H groups in total. The van der Waals surface area contributed by atoms with Crippen molar-refractivity contribution in [3.8, 4) is 0 Å². The van der Waals surface area contributed by atoms with Gasteiger partial charge in [0.1, 0.15) is 0 Å². The smallest absolute Gasteiger partial charge is 0.251 e. The SMILES string of the molecule is CC[C@@H]1C[C@H](C)C[C@H](CNC(=O)c2ccc(Br)c(S(=O)(=O)N(C)CC3=CCCC=C3)c2)C1. The van der Waals surface area contributed by atoms with Gasteiger partial charge in [-0.05, 0) is 89.6 Å². The number of hydrogen-bond donors (Lipinski definition) is 1. The minimum Gasteiger partial charge on any atom is -0.352 e. The number of nitrogens with zero attached hydrogens (tertiary/aromatic N) is 1. The molecule has 0 unspecified atom stereocenters. The van der Waals surface area contributed by atoms with E-state index >= 15 is 0 Å². The van der Waals surface area contributed by atoms with Crippen LogP contribution in [-0.4, -0.2) is 38.8 Å². The number of halogens is 1. The number of allylic oxidation sites excluding steroid dienone is 2. The Bertz CT molecular complexity index is 987. The number of carbonyl (C=O) groups is 1. The van der Waals surface area contributed by atoms with Gasteiger partial charge in [0.2, 0.25) is 10.0 Å². The second-order valence-electron chi connectivity index (χ2n) is 9.33. The second kappa shape index (κ2) is 11.1. The van der Waals surface area contributed by atoms with E-state index < -0.39 is 10.0 Å². The van der Waals surface area contributed by atoms with Crippen LogP contribution in [-0.2, 0) is 10.0 Å². The van der Waals surface area contributed by atoms with Crippen LogP contribution in [0, 0.1) is 17.8 Å². The van der Waals surface area contributed by atoms with Crippen molar-refractivity contribution in [2.45, 2.75) is 57.3 Å². The average Bonchev–Trinajstić information content (AvgIpc) is 2.77. The molecular formula is C25H35BrN2O3S. The third-order valence-electron chi connectivity index (χ3n) is 6.63. The fraction of sp³-hybridized carbons (Fsp3) is 0.560. The van der Waals surface area contributed by atoms with E-state index in [2.05, 4.69) is 47.2 Å². The number of hydrogen-bond acceptors (Lipinski definition) is 3. The van der Waals surface area contributed by atoms with E-state index in [1.165, 1.54) is 23.2 Å². The molecule has 3 atom stereocenters. The summed E-state index contributed by atoms with van der Waals surface area (Å²) in [6, 6.07) is 4.79. The van der Waals surface area contributed by atoms with Gasteiger partial charge in [0.15, 0.2) is 0 Å². The molecule has 0 bridgehead atoms. The zero-order valence-electron chi connectivity index (χ0n) is 19.3. The predicted molar refractivity (Wildman–Crippen MR) is 133 cm³/mol. The standard InChI is InChI=1S/C25H35BrN2O3S/c1-4-19-12-18(2)13-21(14-19)16-27-25(29)22-10-11-23(26)24(15-22)32(30,31)28(3)17-20-8-6-5-7-9-20/h6,8-11,15,18-19,21H,4-5,7,12-14,16-17H2,1-3H3,(H,27,29)/t18-,19+,21-/m0/s1. The quantitative estimate of drug-likeness (QED) is 0.487. The van der Waals surface area contributed by atoms with Gasteiger partial charge in [0, 0.05) is 30.2 Å². The summed E-state index contributed by atoms with van der Waals surface area (Å²) in [4.78, 5) is 13.0. The van der Waals surface area contributed by atoms with Gasteiger partial charge in [0.05, 0.1) is 4.90 Å². The van der Waals surface area contributed by atoms with E-state index in [1.807, 2.05) is 6.08 Å². The minimum absolute atomic E-state index is 0.116. The molecule has 32 heavy (non-hydrogen) atoms. The highest BCUT2D eigenvalue weighted by Crippen LogP contribution is 2.34. The number of sulfonamides is 1. The summed E-state index contributed by atoms with van der Waals surface area (Å²) in [6.45, 7) is 5.47. The van der Waals surface area contributed by atoms with Gasteiger partial charge in [-0.2, -0.15) is 4.31 Å². The number of nitrogens with one attached hydrogen (secondary N) is 1. The number of carbonyl (C=O) groups excluding carboxylic acids is 1. The number of likely N-dealkylation sites (N-methyl/N-ethyl adjacent to an activating group) is 1. The topological polar surface area (TPSA) is 66.5 Å². The van der Waals surface area contributed by atoms with Gasteiger partial charge in [-0.15, -0.1) is 0 Å². The summed E-state index contributed by atoms with van der Waals surface area (Å²) in [5.74, 6) is 1.68. The van der Waals surface area contributed by atoms with Gasteiger partial charge in [-0.3, -0.25) is 4.79 Å². The molecule has 1 amide bonds. The fourth-order valence-corrected chi connectivity index (χ4v) is 6.98. The van der Waals surface area contributed by atoms with Crippen molar-refractivity contribution in [1.29, 1.82) is 0 Å². The van der Waals surface area contributed by atoms with Crippen LogP contribution in [0.4, 0.5) is 0 Å². The zero-order chi connectivity index (χ0) is 23.3. The van der Waals surface area contributed by atoms with Crippen molar-refractivity contribution in [2.75, 3.05) is 20.1 Å². The molecule has 2 aliphatic rings. The zero-order valence-corrected chi connectivity index (χ0v) is 21.7. The normalized spacial score (nSPS) is 23.8. The summed E-state index contributed by atoms with van der Waals surface area (Å²) < 4.78 is 28.2. The Morgan fingerprint density at radius 2 is 1.94 bits per heavy atom. The number of rotatable bonds is 8. The molecule has 0 heterocycles. The van der Waals surface area contributed by atoms with E-state index in [0.29, 0.717) is 35.0 Å². The van der Waals surface area contributed by atoms with Crippen molar-refractivity contribution < 1.29 is 13.2 Å². The number of amides is 1. The van der Waals surface area contributed by atoms with Gasteiger partial charge >= 0.3 is 0 Å². The first-order valence-electron chi connectivity index (χ1n) is 11.6. The third-order valence-corrected chi connectivity index (χ3v) is 9.42. The molecular weight excluding hydrogens is 488 g/mol. The van der Waals surface area contributed by atoms with E-state index in [-0.39, 0.29) is 10.8 Å². The molecule has 0 spiro atoms. The Morgan fingerprint density at radius 3 is 2.62 bits per heavy atom. The Hall–Kier alpha value is -1.44. The molecule has 1 aromatic rings. The maximum atomic E-state index is 13.2. The molecule has 0 radical (unpaired) electrons. The molecule has 0 aliphatic heterocycles. The molecule has 2 aliphatic carbocycles. The highest BCUT2D eigenvalue weighted by Gasteiger charge is 2.27. The molecule has 1 fully saturated rings. The summed E-state index contributed by atoms with van der Waals surface area (Å²) in [5, 5.41) is 3.05. The first-order chi connectivity index (χ1) is 15.2. The van der Waals surface area contributed by atoms with Crippen molar-refractivity contribution >= 4 is 31.9 Å². The van der Waals surface area contributed by atoms with Crippen molar-refractivity contribution in [3.63, 3.8) is 0 Å². The van der Waals surface area contributed by atoms with E-state index in [4.69, 9.17) is 0 Å². The van der Waals surface area contributed by atoms with E-state index in [9.17, 15) is 13.2 Å². The van der Waals surface area contributed by atoms with Crippen LogP contribution >= 0.6 is 15.9 Å². The van der Waals surface area contributed by atoms with E-state index in [0.717, 1.165) is 37.2 Å². The predicted octanol–water partition coefficient (Wildman–Crippen LogP) is 5.54. The van der Waals surface area contributed by atoms with Crippen LogP contribution in [0.5, 0.6) is 0 Å². The summed E-state index contributed by atoms with van der Waals surface area (Å²) >= 11 is 3.37. The van der Waals surface area contributed by atoms with Crippen LogP contribution in [0.1, 0.15) is 62.7 Å². The lowest BCUT2D eigenvalue weighted by molar-refractivity contribution is 0.0933. The van der Waals surface area contributed by atoms with Crippen molar-refractivity contribution in [3.05, 3.63) is 52.0 Å². The minimum atomic E-state index is -3.75.